The molecule has 0 spiro atoms. The summed E-state index contributed by atoms with van der Waals surface area (Å²) in [6, 6.07) is 9.00. The molecule has 3 heterocycles. The number of β-lactam (4-membered cyclic amide) rings is 1. The van der Waals surface area contributed by atoms with Crippen LogP contribution in [0.25, 0.3) is 0 Å². The number of oxime groups is 1. The number of nitro groups is 1. The number of thioether (sulfide) groups is 1. The number of non-ortho nitro benzene ring substituents is 1. The number of pyridine rings is 1. The Morgan fingerprint density at radius 1 is 1.25 bits per heavy atom. The van der Waals surface area contributed by atoms with Gasteiger partial charge in [0.1, 0.15) is 42.4 Å². The number of nitro benzene ring substituents is 1. The van der Waals surface area contributed by atoms with Gasteiger partial charge >= 0.3 is 5.97 Å². The van der Waals surface area contributed by atoms with Crippen LogP contribution in [0.3, 0.4) is 0 Å². The van der Waals surface area contributed by atoms with Crippen LogP contribution in [0.2, 0.25) is 0 Å². The highest BCUT2D eigenvalue weighted by atomic mass is 32.2. The van der Waals surface area contributed by atoms with Crippen LogP contribution >= 0.6 is 11.8 Å². The van der Waals surface area contributed by atoms with E-state index >= 15 is 0 Å². The Bertz CT molecular complexity index is 1410. The van der Waals surface area contributed by atoms with Crippen LogP contribution in [0, 0.1) is 10.1 Å². The lowest BCUT2D eigenvalue weighted by atomic mass is 10.0. The van der Waals surface area contributed by atoms with Crippen molar-refractivity contribution < 1.29 is 38.4 Å². The maximum atomic E-state index is 13.1. The Labute approximate surface area is 230 Å². The number of amides is 3. The fourth-order valence-corrected chi connectivity index (χ4v) is 5.19. The molecular weight excluding hydrogens is 548 g/mol. The second-order valence-electron chi connectivity index (χ2n) is 8.13. The number of aromatic nitrogens is 1. The number of nitrogens with one attached hydrogen (secondary N) is 2. The van der Waals surface area contributed by atoms with E-state index in [2.05, 4.69) is 20.8 Å². The van der Waals surface area contributed by atoms with Gasteiger partial charge in [-0.2, -0.15) is 0 Å². The number of benzene rings is 1. The van der Waals surface area contributed by atoms with Crippen molar-refractivity contribution >= 4 is 53.2 Å². The van der Waals surface area contributed by atoms with E-state index in [1.165, 1.54) is 67.3 Å². The molecule has 2 atom stereocenters. The number of hydrogen-bond donors (Lipinski definition) is 2. The Morgan fingerprint density at radius 2 is 2.00 bits per heavy atom. The van der Waals surface area contributed by atoms with Crippen molar-refractivity contribution in [2.45, 2.75) is 18.0 Å². The molecule has 1 aromatic carbocycles. The van der Waals surface area contributed by atoms with Gasteiger partial charge in [0.05, 0.1) is 17.8 Å². The molecule has 3 amide bonds. The van der Waals surface area contributed by atoms with Gasteiger partial charge in [-0.15, -0.1) is 11.8 Å². The molecule has 40 heavy (non-hydrogen) atoms. The molecule has 0 bridgehead atoms. The van der Waals surface area contributed by atoms with Crippen molar-refractivity contribution in [1.82, 2.24) is 15.2 Å². The van der Waals surface area contributed by atoms with E-state index in [0.29, 0.717) is 12.0 Å². The van der Waals surface area contributed by atoms with E-state index in [4.69, 9.17) is 14.3 Å². The average molecular weight is 571 g/mol. The van der Waals surface area contributed by atoms with E-state index in [-0.39, 0.29) is 46.7 Å². The number of fused-ring (bicyclic) bond motifs is 1. The minimum absolute atomic E-state index is 0.0863. The van der Waals surface area contributed by atoms with Gasteiger partial charge < -0.3 is 24.9 Å². The van der Waals surface area contributed by atoms with Crippen LogP contribution in [-0.4, -0.2) is 76.1 Å². The number of anilines is 1. The largest absolute Gasteiger partial charge is 0.498 e. The maximum Gasteiger partial charge on any atom is 0.358 e. The van der Waals surface area contributed by atoms with Crippen LogP contribution < -0.4 is 10.6 Å². The monoisotopic (exact) mass is 570 g/mol. The molecule has 2 aliphatic rings. The number of nitrogens with zero attached hydrogens (tertiary/aromatic N) is 4. The van der Waals surface area contributed by atoms with Gasteiger partial charge in [0.15, 0.2) is 11.4 Å². The van der Waals surface area contributed by atoms with Crippen molar-refractivity contribution in [1.29, 1.82) is 0 Å². The van der Waals surface area contributed by atoms with Crippen molar-refractivity contribution in [3.05, 3.63) is 75.3 Å². The molecule has 16 heteroatoms. The fourth-order valence-electron chi connectivity index (χ4n) is 3.88. The van der Waals surface area contributed by atoms with Crippen LogP contribution in [0.4, 0.5) is 11.5 Å². The van der Waals surface area contributed by atoms with Crippen molar-refractivity contribution in [3.8, 4) is 0 Å². The molecule has 0 radical (unpaired) electrons. The number of methoxy groups -OCH3 is 1. The molecule has 208 valence electrons. The smallest absolute Gasteiger partial charge is 0.358 e. The molecule has 2 N–H and O–H groups in total. The van der Waals surface area contributed by atoms with Gasteiger partial charge in [-0.3, -0.25) is 29.4 Å². The zero-order chi connectivity index (χ0) is 28.8. The molecule has 2 aliphatic heterocycles. The Morgan fingerprint density at radius 3 is 2.65 bits per heavy atom. The molecular formula is C24H22N6O9S. The van der Waals surface area contributed by atoms with Crippen LogP contribution in [-0.2, 0) is 40.1 Å². The lowest BCUT2D eigenvalue weighted by Gasteiger charge is -2.49. The number of ether oxygens (including phenoxy) is 2. The molecule has 4 rings (SSSR count). The quantitative estimate of drug-likeness (QED) is 0.0974. The average Bonchev–Trinajstić information content (AvgIpc) is 2.96. The van der Waals surface area contributed by atoms with Crippen molar-refractivity contribution in [3.63, 3.8) is 0 Å². The zero-order valence-corrected chi connectivity index (χ0v) is 21.9. The highest BCUT2D eigenvalue weighted by Gasteiger charge is 2.55. The molecule has 1 fully saturated rings. The van der Waals surface area contributed by atoms with Crippen molar-refractivity contribution in [2.24, 2.45) is 5.16 Å². The highest BCUT2D eigenvalue weighted by molar-refractivity contribution is 8.00. The Kier molecular flexibility index (Phi) is 8.58. The SMILES string of the molecule is CON=C(C(=O)NC1C(=O)N2C(C(=O)OCc3ccc([N+](=O)[O-])cc3)=C(OC)CS[C@@H]12)c1cccc(NC=O)n1. The summed E-state index contributed by atoms with van der Waals surface area (Å²) >= 11 is 1.27. The third-order valence-electron chi connectivity index (χ3n) is 5.77. The van der Waals surface area contributed by atoms with Gasteiger partial charge in [0.2, 0.25) is 6.41 Å². The molecule has 1 aromatic heterocycles. The van der Waals surface area contributed by atoms with Crippen molar-refractivity contribution in [2.75, 3.05) is 25.3 Å². The van der Waals surface area contributed by atoms with Gasteiger partial charge in [-0.05, 0) is 29.8 Å². The van der Waals surface area contributed by atoms with Crippen LogP contribution in [0.5, 0.6) is 0 Å². The van der Waals surface area contributed by atoms with E-state index < -0.39 is 34.1 Å². The molecule has 15 nitrogen and oxygen atoms in total. The molecule has 2 aromatic rings. The highest BCUT2D eigenvalue weighted by Crippen LogP contribution is 2.41. The van der Waals surface area contributed by atoms with E-state index in [1.807, 2.05) is 0 Å². The van der Waals surface area contributed by atoms with Crippen LogP contribution in [0.1, 0.15) is 11.3 Å². The normalized spacial score (nSPS) is 18.2. The number of carbonyl (C=O) groups is 4. The zero-order valence-electron chi connectivity index (χ0n) is 21.1. The lowest BCUT2D eigenvalue weighted by Crippen LogP contribution is -2.71. The van der Waals surface area contributed by atoms with E-state index in [9.17, 15) is 29.3 Å². The predicted octanol–water partition coefficient (Wildman–Crippen LogP) is 0.910. The third-order valence-corrected chi connectivity index (χ3v) is 7.03. The first-order valence-electron chi connectivity index (χ1n) is 11.5. The van der Waals surface area contributed by atoms with E-state index in [0.717, 1.165) is 0 Å². The third kappa shape index (κ3) is 5.70. The van der Waals surface area contributed by atoms with Gasteiger partial charge in [-0.1, -0.05) is 11.2 Å². The minimum atomic E-state index is -1.01. The number of rotatable bonds is 11. The summed E-state index contributed by atoms with van der Waals surface area (Å²) in [6.07, 6.45) is 0.428. The summed E-state index contributed by atoms with van der Waals surface area (Å²) < 4.78 is 10.7. The number of carbonyl (C=O) groups excluding carboxylic acids is 4. The molecule has 0 aliphatic carbocycles. The Balaban J connectivity index is 1.46. The van der Waals surface area contributed by atoms with Gasteiger partial charge in [0, 0.05) is 12.1 Å². The summed E-state index contributed by atoms with van der Waals surface area (Å²) in [5, 5.41) is 18.9. The lowest BCUT2D eigenvalue weighted by molar-refractivity contribution is -0.384. The first-order chi connectivity index (χ1) is 19.3. The maximum absolute atomic E-state index is 13.1. The summed E-state index contributed by atoms with van der Waals surface area (Å²) in [7, 11) is 2.59. The molecule has 1 unspecified atom stereocenters. The van der Waals surface area contributed by atoms with Gasteiger partial charge in [-0.25, -0.2) is 9.78 Å². The van der Waals surface area contributed by atoms with Crippen LogP contribution in [0.15, 0.2) is 59.1 Å². The second kappa shape index (κ2) is 12.2. The summed E-state index contributed by atoms with van der Waals surface area (Å²) in [5.41, 5.74) is 0.156. The molecule has 1 saturated heterocycles. The predicted molar refractivity (Wildman–Crippen MR) is 139 cm³/mol. The standard InChI is InChI=1S/C24H22N6O9S/c1-37-16-11-40-23-19(27-21(32)18(28-38-2)15-4-3-5-17(26-15)25-12-31)22(33)29(23)20(16)24(34)39-10-13-6-8-14(9-7-13)30(35)36/h3-9,12,19,23H,10-11H2,1-2H3,(H,27,32)(H,25,26,31)/t19?,23-/m0/s1. The number of esters is 1. The van der Waals surface area contributed by atoms with Gasteiger partial charge in [0.25, 0.3) is 17.5 Å². The Hall–Kier alpha value is -4.99. The number of hydrogen-bond acceptors (Lipinski definition) is 12. The summed E-state index contributed by atoms with van der Waals surface area (Å²) in [4.78, 5) is 70.4. The van der Waals surface area contributed by atoms with E-state index in [1.54, 1.807) is 6.07 Å². The topological polar surface area (TPSA) is 192 Å². The minimum Gasteiger partial charge on any atom is -0.498 e. The first kappa shape index (κ1) is 28.0. The second-order valence-corrected chi connectivity index (χ2v) is 9.23. The summed E-state index contributed by atoms with van der Waals surface area (Å²) in [6.45, 7) is -0.195. The molecule has 0 saturated carbocycles. The fraction of sp³-hybridized carbons (Fsp3) is 0.250. The first-order valence-corrected chi connectivity index (χ1v) is 12.6. The summed E-state index contributed by atoms with van der Waals surface area (Å²) in [5.74, 6) is -1.56.